The minimum Gasteiger partial charge on any atom is -0.507 e. The highest BCUT2D eigenvalue weighted by atomic mass is 16.6. The molecule has 2 aromatic rings. The van der Waals surface area contributed by atoms with Gasteiger partial charge in [0.25, 0.3) is 5.69 Å². The molecule has 142 valence electrons. The lowest BCUT2D eigenvalue weighted by Gasteiger charge is -2.26. The van der Waals surface area contributed by atoms with Crippen LogP contribution < -0.4 is 4.90 Å². The van der Waals surface area contributed by atoms with E-state index in [-0.39, 0.29) is 11.4 Å². The van der Waals surface area contributed by atoms with Gasteiger partial charge in [-0.3, -0.25) is 10.1 Å². The van der Waals surface area contributed by atoms with Crippen LogP contribution in [0.3, 0.4) is 0 Å². The van der Waals surface area contributed by atoms with Crippen LogP contribution in [0.1, 0.15) is 26.3 Å². The Kier molecular flexibility index (Phi) is 6.18. The second kappa shape index (κ2) is 8.35. The number of phenolic OH excluding ortho intramolecular Hbond substituents is 1. The Morgan fingerprint density at radius 3 is 2.22 bits per heavy atom. The molecule has 7 nitrogen and oxygen atoms in total. The average molecular weight is 370 g/mol. The summed E-state index contributed by atoms with van der Waals surface area (Å²) in [6.45, 7) is 7.01. The topological polar surface area (TPSA) is 104 Å². The Morgan fingerprint density at radius 2 is 1.74 bits per heavy atom. The zero-order valence-electron chi connectivity index (χ0n) is 15.5. The lowest BCUT2D eigenvalue weighted by molar-refractivity contribution is -0.384. The van der Waals surface area contributed by atoms with E-state index in [0.29, 0.717) is 35.4 Å². The summed E-state index contributed by atoms with van der Waals surface area (Å²) < 4.78 is 0. The standard InChI is InChI=1S/C20H22N2O5/c1-4-21(5-2)17-11-10-16(13(3)12-18(23)24)20(25)19(17)14-6-8-15(9-7-14)22(26)27/h6-12,25H,4-5H2,1-3H3,(H,23,24). The first-order valence-corrected chi connectivity index (χ1v) is 8.57. The lowest BCUT2D eigenvalue weighted by atomic mass is 9.95. The summed E-state index contributed by atoms with van der Waals surface area (Å²) in [4.78, 5) is 23.5. The number of carbonyl (C=O) groups is 1. The maximum Gasteiger partial charge on any atom is 0.328 e. The highest BCUT2D eigenvalue weighted by Gasteiger charge is 2.19. The molecule has 0 radical (unpaired) electrons. The first kappa shape index (κ1) is 20.0. The SMILES string of the molecule is CCN(CC)c1ccc(C(C)=CC(=O)O)c(O)c1-c1ccc([N+](=O)[O-])cc1. The summed E-state index contributed by atoms with van der Waals surface area (Å²) in [5.74, 6) is -1.15. The molecule has 2 aromatic carbocycles. The molecule has 0 atom stereocenters. The number of nitro groups is 1. The molecule has 0 heterocycles. The van der Waals surface area contributed by atoms with E-state index in [1.54, 1.807) is 25.1 Å². The van der Waals surface area contributed by atoms with Gasteiger partial charge in [-0.25, -0.2) is 4.79 Å². The first-order valence-electron chi connectivity index (χ1n) is 8.57. The number of non-ortho nitro benzene ring substituents is 1. The van der Waals surface area contributed by atoms with E-state index < -0.39 is 10.9 Å². The van der Waals surface area contributed by atoms with Crippen molar-refractivity contribution in [2.75, 3.05) is 18.0 Å². The van der Waals surface area contributed by atoms with Gasteiger partial charge in [-0.2, -0.15) is 0 Å². The van der Waals surface area contributed by atoms with Gasteiger partial charge in [0.05, 0.1) is 4.92 Å². The number of hydrogen-bond acceptors (Lipinski definition) is 5. The average Bonchev–Trinajstić information content (AvgIpc) is 2.62. The molecule has 0 aromatic heterocycles. The zero-order chi connectivity index (χ0) is 20.1. The molecule has 0 unspecified atom stereocenters. The predicted octanol–water partition coefficient (Wildman–Crippen LogP) is 4.30. The van der Waals surface area contributed by atoms with E-state index in [9.17, 15) is 20.0 Å². The van der Waals surface area contributed by atoms with Crippen LogP contribution in [-0.2, 0) is 4.79 Å². The molecule has 7 heteroatoms. The van der Waals surface area contributed by atoms with Crippen molar-refractivity contribution < 1.29 is 19.9 Å². The quantitative estimate of drug-likeness (QED) is 0.428. The lowest BCUT2D eigenvalue weighted by Crippen LogP contribution is -2.22. The predicted molar refractivity (Wildman–Crippen MR) is 105 cm³/mol. The van der Waals surface area contributed by atoms with Crippen molar-refractivity contribution >= 4 is 22.9 Å². The number of allylic oxidation sites excluding steroid dienone is 1. The van der Waals surface area contributed by atoms with Crippen molar-refractivity contribution in [2.24, 2.45) is 0 Å². The summed E-state index contributed by atoms with van der Waals surface area (Å²) >= 11 is 0. The Hall–Kier alpha value is -3.35. The van der Waals surface area contributed by atoms with Crippen LogP contribution in [0, 0.1) is 10.1 Å². The summed E-state index contributed by atoms with van der Waals surface area (Å²) in [5.41, 5.74) is 2.68. The third kappa shape index (κ3) is 4.25. The molecule has 2 N–H and O–H groups in total. The van der Waals surface area contributed by atoms with Crippen LogP contribution >= 0.6 is 0 Å². The van der Waals surface area contributed by atoms with Crippen LogP contribution in [0.15, 0.2) is 42.5 Å². The highest BCUT2D eigenvalue weighted by Crippen LogP contribution is 2.43. The molecule has 0 fully saturated rings. The van der Waals surface area contributed by atoms with Gasteiger partial charge in [0, 0.05) is 48.1 Å². The molecule has 27 heavy (non-hydrogen) atoms. The van der Waals surface area contributed by atoms with Crippen molar-refractivity contribution in [3.8, 4) is 16.9 Å². The van der Waals surface area contributed by atoms with Crippen molar-refractivity contribution in [3.05, 3.63) is 58.2 Å². The van der Waals surface area contributed by atoms with Crippen molar-refractivity contribution in [2.45, 2.75) is 20.8 Å². The van der Waals surface area contributed by atoms with Crippen LogP contribution in [0.2, 0.25) is 0 Å². The molecule has 0 saturated heterocycles. The third-order valence-electron chi connectivity index (χ3n) is 4.39. The molecule has 0 aliphatic carbocycles. The minimum absolute atomic E-state index is 0.0410. The smallest absolute Gasteiger partial charge is 0.328 e. The number of nitro benzene ring substituents is 1. The maximum absolute atomic E-state index is 11.0. The summed E-state index contributed by atoms with van der Waals surface area (Å²) in [5, 5.41) is 30.8. The molecular weight excluding hydrogens is 348 g/mol. The number of aliphatic carboxylic acids is 1. The Balaban J connectivity index is 2.73. The normalized spacial score (nSPS) is 11.3. The van der Waals surface area contributed by atoms with Gasteiger partial charge >= 0.3 is 5.97 Å². The number of benzene rings is 2. The van der Waals surface area contributed by atoms with Crippen molar-refractivity contribution in [1.29, 1.82) is 0 Å². The van der Waals surface area contributed by atoms with E-state index in [0.717, 1.165) is 11.8 Å². The van der Waals surface area contributed by atoms with Crippen LogP contribution in [-0.4, -0.2) is 34.2 Å². The van der Waals surface area contributed by atoms with E-state index in [2.05, 4.69) is 4.90 Å². The Bertz CT molecular complexity index is 884. The van der Waals surface area contributed by atoms with Crippen LogP contribution in [0.25, 0.3) is 16.7 Å². The number of rotatable bonds is 7. The fourth-order valence-corrected chi connectivity index (χ4v) is 3.02. The summed E-state index contributed by atoms with van der Waals surface area (Å²) in [7, 11) is 0. The molecule has 0 amide bonds. The van der Waals surface area contributed by atoms with Crippen LogP contribution in [0.4, 0.5) is 11.4 Å². The fraction of sp³-hybridized carbons (Fsp3) is 0.250. The van der Waals surface area contributed by atoms with Gasteiger partial charge in [0.15, 0.2) is 0 Å². The van der Waals surface area contributed by atoms with Gasteiger partial charge in [-0.05, 0) is 56.2 Å². The van der Waals surface area contributed by atoms with Gasteiger partial charge in [0.1, 0.15) is 5.75 Å². The molecule has 2 rings (SSSR count). The monoisotopic (exact) mass is 370 g/mol. The summed E-state index contributed by atoms with van der Waals surface area (Å²) in [6.07, 6.45) is 1.03. The van der Waals surface area contributed by atoms with Gasteiger partial charge in [0.2, 0.25) is 0 Å². The number of anilines is 1. The second-order valence-electron chi connectivity index (χ2n) is 6.00. The number of hydrogen-bond donors (Lipinski definition) is 2. The number of carboxylic acids is 1. The van der Waals surface area contributed by atoms with E-state index in [1.807, 2.05) is 19.9 Å². The molecule has 0 aliphatic rings. The number of phenols is 1. The third-order valence-corrected chi connectivity index (χ3v) is 4.39. The number of nitrogens with zero attached hydrogens (tertiary/aromatic N) is 2. The highest BCUT2D eigenvalue weighted by molar-refractivity contribution is 5.94. The number of aromatic hydroxyl groups is 1. The fourth-order valence-electron chi connectivity index (χ4n) is 3.02. The second-order valence-corrected chi connectivity index (χ2v) is 6.00. The van der Waals surface area contributed by atoms with Crippen LogP contribution in [0.5, 0.6) is 5.75 Å². The molecule has 0 aliphatic heterocycles. The van der Waals surface area contributed by atoms with E-state index in [4.69, 9.17) is 5.11 Å². The van der Waals surface area contributed by atoms with Crippen molar-refractivity contribution in [1.82, 2.24) is 0 Å². The number of carboxylic acid groups (broad SMARTS) is 1. The van der Waals surface area contributed by atoms with Gasteiger partial charge in [-0.1, -0.05) is 0 Å². The molecule has 0 spiro atoms. The van der Waals surface area contributed by atoms with E-state index >= 15 is 0 Å². The maximum atomic E-state index is 11.0. The largest absolute Gasteiger partial charge is 0.507 e. The minimum atomic E-state index is -1.10. The van der Waals surface area contributed by atoms with E-state index in [1.165, 1.54) is 12.1 Å². The van der Waals surface area contributed by atoms with Gasteiger partial charge in [-0.15, -0.1) is 0 Å². The van der Waals surface area contributed by atoms with Gasteiger partial charge < -0.3 is 15.1 Å². The molecule has 0 bridgehead atoms. The van der Waals surface area contributed by atoms with Crippen molar-refractivity contribution in [3.63, 3.8) is 0 Å². The Morgan fingerprint density at radius 1 is 1.15 bits per heavy atom. The zero-order valence-corrected chi connectivity index (χ0v) is 15.5. The summed E-state index contributed by atoms with van der Waals surface area (Å²) in [6, 6.07) is 9.45. The first-order chi connectivity index (χ1) is 12.8. The Labute approximate surface area is 157 Å². The molecular formula is C20H22N2O5. The molecule has 0 saturated carbocycles.